The molecule has 0 bridgehead atoms. The molecule has 2 heteroatoms. The second-order valence-electron chi connectivity index (χ2n) is 13.0. The summed E-state index contributed by atoms with van der Waals surface area (Å²) in [5.41, 5.74) is 9.77. The molecule has 3 aromatic heterocycles. The lowest BCUT2D eigenvalue weighted by Gasteiger charge is -2.20. The predicted molar refractivity (Wildman–Crippen MR) is 163 cm³/mol. The Morgan fingerprint density at radius 1 is 0.789 bits per heavy atom. The molecule has 1 fully saturated rings. The molecule has 0 unspecified atom stereocenters. The Labute approximate surface area is 223 Å². The van der Waals surface area contributed by atoms with Gasteiger partial charge < -0.3 is 4.40 Å². The SMILES string of the molecule is Cc1c2ccc(CC(C)(C)C)cc2cc2c3nccc4ccc5c6cccc(C7CCCC7)c6n(c12)c5c43. The molecule has 38 heavy (non-hydrogen) atoms. The second-order valence-corrected chi connectivity index (χ2v) is 13.0. The number of para-hydroxylation sites is 1. The average molecular weight is 495 g/mol. The molecule has 0 N–H and O–H groups in total. The summed E-state index contributed by atoms with van der Waals surface area (Å²) in [6.45, 7) is 9.29. The van der Waals surface area contributed by atoms with Crippen molar-refractivity contribution in [3.63, 3.8) is 0 Å². The molecule has 0 aliphatic heterocycles. The molecule has 0 radical (unpaired) electrons. The first kappa shape index (κ1) is 22.3. The molecule has 0 spiro atoms. The van der Waals surface area contributed by atoms with E-state index in [4.69, 9.17) is 4.98 Å². The number of fused-ring (bicyclic) bond motifs is 7. The molecular weight excluding hydrogens is 460 g/mol. The second kappa shape index (κ2) is 7.69. The van der Waals surface area contributed by atoms with Gasteiger partial charge >= 0.3 is 0 Å². The molecule has 1 saturated carbocycles. The summed E-state index contributed by atoms with van der Waals surface area (Å²) in [7, 11) is 0. The highest BCUT2D eigenvalue weighted by atomic mass is 14.9. The van der Waals surface area contributed by atoms with Crippen molar-refractivity contribution < 1.29 is 0 Å². The lowest BCUT2D eigenvalue weighted by atomic mass is 9.87. The standard InChI is InChI=1S/C36H34N2/c1-21-26-14-12-22(20-36(2,3)4)18-25(26)19-30-32-31-24(16-17-37-32)13-15-29-28-11-7-10-27(23-8-5-6-9-23)34(28)38(33(21)30)35(29)31/h7,10-19,23H,5-6,8-9,20H2,1-4H3. The van der Waals surface area contributed by atoms with Gasteiger partial charge in [-0.2, -0.15) is 0 Å². The summed E-state index contributed by atoms with van der Waals surface area (Å²) >= 11 is 0. The molecule has 8 rings (SSSR count). The van der Waals surface area contributed by atoms with Crippen LogP contribution in [0.4, 0.5) is 0 Å². The highest BCUT2D eigenvalue weighted by molar-refractivity contribution is 6.29. The molecule has 2 nitrogen and oxygen atoms in total. The van der Waals surface area contributed by atoms with Crippen molar-refractivity contribution in [2.24, 2.45) is 5.41 Å². The summed E-state index contributed by atoms with van der Waals surface area (Å²) in [4.78, 5) is 5.05. The number of aryl methyl sites for hydroxylation is 1. The van der Waals surface area contributed by atoms with E-state index in [9.17, 15) is 0 Å². The maximum atomic E-state index is 5.05. The number of aromatic nitrogens is 2. The van der Waals surface area contributed by atoms with Crippen LogP contribution in [0.5, 0.6) is 0 Å². The molecule has 0 amide bonds. The first-order valence-corrected chi connectivity index (χ1v) is 14.3. The van der Waals surface area contributed by atoms with Crippen molar-refractivity contribution in [1.82, 2.24) is 9.38 Å². The summed E-state index contributed by atoms with van der Waals surface area (Å²) in [6, 6.07) is 23.4. The molecule has 4 aromatic carbocycles. The Morgan fingerprint density at radius 3 is 2.39 bits per heavy atom. The van der Waals surface area contributed by atoms with Crippen LogP contribution < -0.4 is 0 Å². The van der Waals surface area contributed by atoms with Crippen LogP contribution in [0.3, 0.4) is 0 Å². The Hall–Kier alpha value is -3.65. The maximum Gasteiger partial charge on any atom is 0.0823 e. The van der Waals surface area contributed by atoms with Gasteiger partial charge in [0, 0.05) is 27.7 Å². The molecular formula is C36H34N2. The van der Waals surface area contributed by atoms with Crippen LogP contribution in [0.2, 0.25) is 0 Å². The van der Waals surface area contributed by atoms with Gasteiger partial charge in [-0.3, -0.25) is 4.98 Å². The van der Waals surface area contributed by atoms with Crippen LogP contribution in [0, 0.1) is 12.3 Å². The Balaban J connectivity index is 1.61. The average Bonchev–Trinajstić information content (AvgIpc) is 3.54. The predicted octanol–water partition coefficient (Wildman–Crippen LogP) is 10.1. The van der Waals surface area contributed by atoms with E-state index in [1.807, 2.05) is 6.20 Å². The molecule has 3 heterocycles. The minimum absolute atomic E-state index is 0.259. The molecule has 1 aliphatic carbocycles. The zero-order chi connectivity index (χ0) is 25.8. The van der Waals surface area contributed by atoms with Crippen molar-refractivity contribution in [3.8, 4) is 0 Å². The first-order valence-electron chi connectivity index (χ1n) is 14.3. The van der Waals surface area contributed by atoms with Gasteiger partial charge in [0.2, 0.25) is 0 Å². The smallest absolute Gasteiger partial charge is 0.0823 e. The number of pyridine rings is 2. The van der Waals surface area contributed by atoms with E-state index in [-0.39, 0.29) is 5.41 Å². The van der Waals surface area contributed by atoms with Gasteiger partial charge in [0.25, 0.3) is 0 Å². The van der Waals surface area contributed by atoms with Crippen LogP contribution in [0.1, 0.15) is 69.1 Å². The van der Waals surface area contributed by atoms with Crippen molar-refractivity contribution in [2.45, 2.75) is 65.7 Å². The summed E-state index contributed by atoms with van der Waals surface area (Å²) < 4.78 is 2.64. The number of hydrogen-bond donors (Lipinski definition) is 0. The first-order chi connectivity index (χ1) is 18.4. The van der Waals surface area contributed by atoms with E-state index in [0.717, 1.165) is 11.9 Å². The maximum absolute atomic E-state index is 5.05. The van der Waals surface area contributed by atoms with Gasteiger partial charge in [0.05, 0.1) is 22.1 Å². The van der Waals surface area contributed by atoms with Crippen molar-refractivity contribution >= 4 is 59.8 Å². The van der Waals surface area contributed by atoms with Crippen LogP contribution >= 0.6 is 0 Å². The van der Waals surface area contributed by atoms with Crippen LogP contribution in [0.15, 0.2) is 66.9 Å². The molecule has 0 atom stereocenters. The highest BCUT2D eigenvalue weighted by Crippen LogP contribution is 2.46. The Bertz CT molecular complexity index is 2040. The van der Waals surface area contributed by atoms with Gasteiger partial charge in [0.15, 0.2) is 0 Å². The van der Waals surface area contributed by atoms with Gasteiger partial charge in [-0.1, -0.05) is 82.1 Å². The molecule has 188 valence electrons. The van der Waals surface area contributed by atoms with E-state index >= 15 is 0 Å². The van der Waals surface area contributed by atoms with Crippen molar-refractivity contribution in [3.05, 3.63) is 83.6 Å². The zero-order valence-corrected chi connectivity index (χ0v) is 22.9. The fraction of sp³-hybridized carbons (Fsp3) is 0.306. The van der Waals surface area contributed by atoms with E-state index in [1.54, 1.807) is 0 Å². The number of hydrogen-bond acceptors (Lipinski definition) is 1. The lowest BCUT2D eigenvalue weighted by Crippen LogP contribution is -2.09. The van der Waals surface area contributed by atoms with Gasteiger partial charge in [0.1, 0.15) is 0 Å². The highest BCUT2D eigenvalue weighted by Gasteiger charge is 2.26. The lowest BCUT2D eigenvalue weighted by molar-refractivity contribution is 0.411. The zero-order valence-electron chi connectivity index (χ0n) is 22.9. The third kappa shape index (κ3) is 3.04. The quantitative estimate of drug-likeness (QED) is 0.173. The minimum Gasteiger partial charge on any atom is -0.307 e. The van der Waals surface area contributed by atoms with E-state index in [1.165, 1.54) is 96.6 Å². The van der Waals surface area contributed by atoms with Crippen LogP contribution in [-0.4, -0.2) is 9.38 Å². The fourth-order valence-corrected chi connectivity index (χ4v) is 7.65. The largest absolute Gasteiger partial charge is 0.307 e. The third-order valence-electron chi connectivity index (χ3n) is 9.15. The molecule has 1 aliphatic rings. The van der Waals surface area contributed by atoms with Crippen molar-refractivity contribution in [1.29, 1.82) is 0 Å². The summed E-state index contributed by atoms with van der Waals surface area (Å²) in [5, 5.41) is 9.26. The van der Waals surface area contributed by atoms with E-state index in [2.05, 4.69) is 92.8 Å². The number of nitrogens with zero attached hydrogens (tertiary/aromatic N) is 2. The van der Waals surface area contributed by atoms with E-state index in [0.29, 0.717) is 5.92 Å². The summed E-state index contributed by atoms with van der Waals surface area (Å²) in [5.74, 6) is 0.647. The fourth-order valence-electron chi connectivity index (χ4n) is 7.65. The van der Waals surface area contributed by atoms with Gasteiger partial charge in [-0.15, -0.1) is 0 Å². The monoisotopic (exact) mass is 494 g/mol. The van der Waals surface area contributed by atoms with Crippen molar-refractivity contribution in [2.75, 3.05) is 0 Å². The van der Waals surface area contributed by atoms with Gasteiger partial charge in [-0.25, -0.2) is 0 Å². The van der Waals surface area contributed by atoms with Crippen LogP contribution in [-0.2, 0) is 6.42 Å². The Kier molecular flexibility index (Phi) is 4.52. The Morgan fingerprint density at radius 2 is 1.58 bits per heavy atom. The van der Waals surface area contributed by atoms with Gasteiger partial charge in [-0.05, 0) is 82.5 Å². The van der Waals surface area contributed by atoms with E-state index < -0.39 is 0 Å². The summed E-state index contributed by atoms with van der Waals surface area (Å²) in [6.07, 6.45) is 8.35. The number of rotatable bonds is 2. The number of benzene rings is 4. The third-order valence-corrected chi connectivity index (χ3v) is 9.15. The minimum atomic E-state index is 0.259. The topological polar surface area (TPSA) is 17.3 Å². The molecule has 0 saturated heterocycles. The van der Waals surface area contributed by atoms with Crippen LogP contribution in [0.25, 0.3) is 59.8 Å². The molecule has 7 aromatic rings. The normalized spacial score (nSPS) is 15.5.